The lowest BCUT2D eigenvalue weighted by Gasteiger charge is -2.21. The van der Waals surface area contributed by atoms with E-state index >= 15 is 0 Å². The highest BCUT2D eigenvalue weighted by molar-refractivity contribution is 7.47. The fourth-order valence-corrected chi connectivity index (χ4v) is 11.3. The van der Waals surface area contributed by atoms with Gasteiger partial charge in [0.05, 0.1) is 26.4 Å². The van der Waals surface area contributed by atoms with Crippen molar-refractivity contribution < 1.29 is 80.2 Å². The normalized spacial score (nSPS) is 14.7. The van der Waals surface area contributed by atoms with Crippen molar-refractivity contribution in [1.29, 1.82) is 0 Å². The standard InChI is InChI=1S/C66H128O17P2/c1-9-59(8)45-37-29-24-25-33-41-49-66(71)83-62(53-77-64(69)47-39-31-23-17-20-28-36-44-58(6)7)55-81-85(74,75)79-51-60(67)50-78-84(72,73)80-54-61(82-65(70)48-40-32-22-16-15-19-27-35-43-57(4)5)52-76-63(68)46-38-30-21-14-12-10-11-13-18-26-34-42-56(2)3/h56-62,67H,9-55H2,1-8H3,(H,72,73)(H,74,75)/t59?,60?,61-,62-/m1/s1. The van der Waals surface area contributed by atoms with Crippen LogP contribution in [0.5, 0.6) is 0 Å². The van der Waals surface area contributed by atoms with Crippen LogP contribution in [-0.4, -0.2) is 96.7 Å². The van der Waals surface area contributed by atoms with Crippen LogP contribution in [-0.2, 0) is 65.4 Å². The van der Waals surface area contributed by atoms with Crippen molar-refractivity contribution in [3.8, 4) is 0 Å². The van der Waals surface area contributed by atoms with Gasteiger partial charge < -0.3 is 33.8 Å². The van der Waals surface area contributed by atoms with Crippen LogP contribution in [0.3, 0.4) is 0 Å². The number of rotatable bonds is 63. The lowest BCUT2D eigenvalue weighted by molar-refractivity contribution is -0.161. The van der Waals surface area contributed by atoms with Crippen molar-refractivity contribution in [1.82, 2.24) is 0 Å². The Morgan fingerprint density at radius 2 is 0.565 bits per heavy atom. The first-order valence-electron chi connectivity index (χ1n) is 34.2. The predicted octanol–water partition coefficient (Wildman–Crippen LogP) is 18.1. The number of hydrogen-bond donors (Lipinski definition) is 3. The minimum Gasteiger partial charge on any atom is -0.462 e. The first-order valence-corrected chi connectivity index (χ1v) is 37.2. The van der Waals surface area contributed by atoms with Gasteiger partial charge in [-0.25, -0.2) is 9.13 Å². The summed E-state index contributed by atoms with van der Waals surface area (Å²) in [6.45, 7) is 14.0. The Bertz CT molecular complexity index is 1700. The number of ether oxygens (including phenoxy) is 4. The fraction of sp³-hybridized carbons (Fsp3) is 0.939. The van der Waals surface area contributed by atoms with Gasteiger partial charge >= 0.3 is 39.5 Å². The monoisotopic (exact) mass is 1250 g/mol. The summed E-state index contributed by atoms with van der Waals surface area (Å²) < 4.78 is 68.1. The van der Waals surface area contributed by atoms with Gasteiger partial charge in [-0.3, -0.25) is 37.3 Å². The van der Waals surface area contributed by atoms with Crippen LogP contribution in [0.2, 0.25) is 0 Å². The predicted molar refractivity (Wildman–Crippen MR) is 340 cm³/mol. The Balaban J connectivity index is 5.25. The zero-order valence-electron chi connectivity index (χ0n) is 55.2. The van der Waals surface area contributed by atoms with Crippen LogP contribution in [0.4, 0.5) is 0 Å². The second kappa shape index (κ2) is 56.1. The van der Waals surface area contributed by atoms with Crippen LogP contribution >= 0.6 is 15.6 Å². The van der Waals surface area contributed by atoms with E-state index in [1.54, 1.807) is 0 Å². The molecule has 0 aromatic rings. The molecule has 6 atom stereocenters. The number of unbranched alkanes of at least 4 members (excludes halogenated alkanes) is 28. The second-order valence-electron chi connectivity index (χ2n) is 25.5. The average molecular weight is 1260 g/mol. The number of esters is 4. The summed E-state index contributed by atoms with van der Waals surface area (Å²) in [7, 11) is -9.89. The highest BCUT2D eigenvalue weighted by atomic mass is 31.2. The van der Waals surface area contributed by atoms with Crippen LogP contribution < -0.4 is 0 Å². The lowest BCUT2D eigenvalue weighted by atomic mass is 10.00. The van der Waals surface area contributed by atoms with Gasteiger partial charge in [-0.15, -0.1) is 0 Å². The Kier molecular flexibility index (Phi) is 54.8. The van der Waals surface area contributed by atoms with Crippen molar-refractivity contribution in [2.75, 3.05) is 39.6 Å². The van der Waals surface area contributed by atoms with E-state index in [0.717, 1.165) is 114 Å². The number of carbonyl (C=O) groups is 4. The SMILES string of the molecule is CCC(C)CCCCCCCCC(=O)O[C@H](COC(=O)CCCCCCCCCC(C)C)COP(=O)(O)OCC(O)COP(=O)(O)OC[C@@H](COC(=O)CCCCCCCCCCCCCC(C)C)OC(=O)CCCCCCCCCCC(C)C. The summed E-state index contributed by atoms with van der Waals surface area (Å²) in [6.07, 6.45) is 36.4. The molecule has 504 valence electrons. The van der Waals surface area contributed by atoms with Crippen LogP contribution in [0, 0.1) is 23.7 Å². The lowest BCUT2D eigenvalue weighted by Crippen LogP contribution is -2.30. The molecule has 0 radical (unpaired) electrons. The van der Waals surface area contributed by atoms with Gasteiger partial charge in [0.15, 0.2) is 12.2 Å². The van der Waals surface area contributed by atoms with E-state index in [2.05, 4.69) is 55.4 Å². The van der Waals surface area contributed by atoms with E-state index in [1.165, 1.54) is 116 Å². The molecule has 0 heterocycles. The number of phosphoric ester groups is 2. The molecule has 85 heavy (non-hydrogen) atoms. The average Bonchev–Trinajstić information content (AvgIpc) is 3.57. The molecule has 0 spiro atoms. The van der Waals surface area contributed by atoms with E-state index in [1.807, 2.05) is 0 Å². The Morgan fingerprint density at radius 3 is 0.835 bits per heavy atom. The molecule has 17 nitrogen and oxygen atoms in total. The molecule has 0 fully saturated rings. The zero-order chi connectivity index (χ0) is 63.2. The van der Waals surface area contributed by atoms with E-state index < -0.39 is 97.5 Å². The molecule has 0 saturated heterocycles. The highest BCUT2D eigenvalue weighted by Gasteiger charge is 2.30. The summed E-state index contributed by atoms with van der Waals surface area (Å²) in [6, 6.07) is 0. The third-order valence-electron chi connectivity index (χ3n) is 15.4. The molecular weight excluding hydrogens is 1130 g/mol. The van der Waals surface area contributed by atoms with Crippen molar-refractivity contribution in [2.45, 2.75) is 337 Å². The molecule has 0 aliphatic carbocycles. The van der Waals surface area contributed by atoms with Crippen LogP contribution in [0.1, 0.15) is 319 Å². The summed E-state index contributed by atoms with van der Waals surface area (Å²) in [4.78, 5) is 72.3. The Hall–Kier alpha value is -1.94. The van der Waals surface area contributed by atoms with E-state index in [9.17, 15) is 43.2 Å². The molecule has 0 aromatic heterocycles. The zero-order valence-corrected chi connectivity index (χ0v) is 57.0. The van der Waals surface area contributed by atoms with E-state index in [0.29, 0.717) is 31.6 Å². The fourth-order valence-electron chi connectivity index (χ4n) is 9.75. The van der Waals surface area contributed by atoms with Crippen molar-refractivity contribution >= 4 is 39.5 Å². The topological polar surface area (TPSA) is 237 Å². The van der Waals surface area contributed by atoms with Gasteiger partial charge in [0.25, 0.3) is 0 Å². The third-order valence-corrected chi connectivity index (χ3v) is 17.3. The minimum absolute atomic E-state index is 0.101. The molecule has 0 rings (SSSR count). The Labute approximate surface area is 517 Å². The van der Waals surface area contributed by atoms with Crippen LogP contribution in [0.25, 0.3) is 0 Å². The van der Waals surface area contributed by atoms with Gasteiger partial charge in [0, 0.05) is 25.7 Å². The molecule has 0 aromatic carbocycles. The van der Waals surface area contributed by atoms with Gasteiger partial charge in [-0.2, -0.15) is 0 Å². The number of hydrogen-bond acceptors (Lipinski definition) is 15. The molecule has 0 amide bonds. The largest absolute Gasteiger partial charge is 0.472 e. The number of phosphoric acid groups is 2. The third kappa shape index (κ3) is 59.5. The summed E-state index contributed by atoms with van der Waals surface area (Å²) in [5.74, 6) is 0.775. The molecule has 19 heteroatoms. The van der Waals surface area contributed by atoms with Gasteiger partial charge in [-0.05, 0) is 49.4 Å². The molecule has 0 bridgehead atoms. The van der Waals surface area contributed by atoms with Gasteiger partial charge in [0.2, 0.25) is 0 Å². The molecule has 0 saturated carbocycles. The summed E-state index contributed by atoms with van der Waals surface area (Å²) in [5, 5.41) is 10.5. The molecule has 4 unspecified atom stereocenters. The van der Waals surface area contributed by atoms with E-state index in [4.69, 9.17) is 37.0 Å². The maximum Gasteiger partial charge on any atom is 0.472 e. The number of aliphatic hydroxyl groups is 1. The van der Waals surface area contributed by atoms with Crippen molar-refractivity contribution in [2.24, 2.45) is 23.7 Å². The highest BCUT2D eigenvalue weighted by Crippen LogP contribution is 2.45. The molecule has 0 aliphatic heterocycles. The maximum atomic E-state index is 13.0. The smallest absolute Gasteiger partial charge is 0.462 e. The first-order chi connectivity index (χ1) is 40.6. The maximum absolute atomic E-state index is 13.0. The number of carbonyl (C=O) groups excluding carboxylic acids is 4. The molecule has 0 aliphatic rings. The van der Waals surface area contributed by atoms with E-state index in [-0.39, 0.29) is 25.7 Å². The van der Waals surface area contributed by atoms with Gasteiger partial charge in [-0.1, -0.05) is 267 Å². The number of aliphatic hydroxyl groups excluding tert-OH is 1. The summed E-state index contributed by atoms with van der Waals surface area (Å²) in [5.41, 5.74) is 0. The second-order valence-corrected chi connectivity index (χ2v) is 28.4. The summed E-state index contributed by atoms with van der Waals surface area (Å²) >= 11 is 0. The van der Waals surface area contributed by atoms with Gasteiger partial charge in [0.1, 0.15) is 19.3 Å². The minimum atomic E-state index is -4.95. The quantitative estimate of drug-likeness (QED) is 0.0222. The van der Waals surface area contributed by atoms with Crippen molar-refractivity contribution in [3.63, 3.8) is 0 Å². The van der Waals surface area contributed by atoms with Crippen LogP contribution in [0.15, 0.2) is 0 Å². The van der Waals surface area contributed by atoms with Crippen molar-refractivity contribution in [3.05, 3.63) is 0 Å². The molecule has 3 N–H and O–H groups in total. The first kappa shape index (κ1) is 83.1. The Morgan fingerprint density at radius 1 is 0.329 bits per heavy atom. The molecular formula is C66H128O17P2.